The smallest absolute Gasteiger partial charge is 0.307 e. The minimum atomic E-state index is -2.77. The minimum Gasteiger partial charge on any atom is -0.481 e. The van der Waals surface area contributed by atoms with Crippen molar-refractivity contribution in [2.75, 3.05) is 0 Å². The molecule has 1 aromatic rings. The van der Waals surface area contributed by atoms with E-state index in [0.29, 0.717) is 17.5 Å². The Kier molecular flexibility index (Phi) is 4.16. The summed E-state index contributed by atoms with van der Waals surface area (Å²) in [6.45, 7) is 1.78. The van der Waals surface area contributed by atoms with Gasteiger partial charge in [-0.3, -0.25) is 4.79 Å². The highest BCUT2D eigenvalue weighted by Crippen LogP contribution is 2.26. The highest BCUT2D eigenvalue weighted by Gasteiger charge is 2.17. The average molecular weight is 239 g/mol. The van der Waals surface area contributed by atoms with Gasteiger partial charge in [0.15, 0.2) is 0 Å². The number of rotatable bonds is 4. The maximum absolute atomic E-state index is 12.7. The molecule has 0 aliphatic carbocycles. The number of benzene rings is 1. The van der Waals surface area contributed by atoms with Crippen LogP contribution in [0.25, 0.3) is 0 Å². The van der Waals surface area contributed by atoms with Gasteiger partial charge < -0.3 is 5.11 Å². The standard InChI is InChI=1S/C12H11F2NO2/c1-2-7-3-9(6-15)10(12(13)14)4-8(7)5-11(16)17/h3-4,12H,2,5H2,1H3,(H,16,17). The van der Waals surface area contributed by atoms with Gasteiger partial charge in [-0.25, -0.2) is 8.78 Å². The molecule has 0 amide bonds. The van der Waals surface area contributed by atoms with Crippen molar-refractivity contribution in [2.24, 2.45) is 0 Å². The maximum atomic E-state index is 12.7. The Morgan fingerprint density at radius 1 is 1.47 bits per heavy atom. The van der Waals surface area contributed by atoms with Crippen LogP contribution in [0.5, 0.6) is 0 Å². The Labute approximate surface area is 97.3 Å². The summed E-state index contributed by atoms with van der Waals surface area (Å²) in [5.74, 6) is -1.08. The van der Waals surface area contributed by atoms with Gasteiger partial charge in [-0.05, 0) is 29.7 Å². The van der Waals surface area contributed by atoms with Crippen LogP contribution in [-0.2, 0) is 17.6 Å². The van der Waals surface area contributed by atoms with E-state index in [4.69, 9.17) is 10.4 Å². The van der Waals surface area contributed by atoms with Crippen LogP contribution in [0.1, 0.15) is 35.6 Å². The molecule has 0 fully saturated rings. The summed E-state index contributed by atoms with van der Waals surface area (Å²) in [6, 6.07) is 4.17. The van der Waals surface area contributed by atoms with E-state index in [-0.39, 0.29) is 12.0 Å². The number of nitrogens with zero attached hydrogens (tertiary/aromatic N) is 1. The molecule has 0 radical (unpaired) electrons. The Balaban J connectivity index is 3.34. The van der Waals surface area contributed by atoms with Crippen molar-refractivity contribution >= 4 is 5.97 Å². The molecular weight excluding hydrogens is 228 g/mol. The second-order valence-corrected chi connectivity index (χ2v) is 3.54. The average Bonchev–Trinajstić information content (AvgIpc) is 2.27. The normalized spacial score (nSPS) is 10.3. The molecule has 0 unspecified atom stereocenters. The lowest BCUT2D eigenvalue weighted by Gasteiger charge is -2.10. The Morgan fingerprint density at radius 3 is 2.53 bits per heavy atom. The number of aryl methyl sites for hydroxylation is 1. The van der Waals surface area contributed by atoms with E-state index in [1.807, 2.05) is 0 Å². The van der Waals surface area contributed by atoms with Crippen LogP contribution in [0, 0.1) is 11.3 Å². The second-order valence-electron chi connectivity index (χ2n) is 3.54. The lowest BCUT2D eigenvalue weighted by Crippen LogP contribution is -2.06. The quantitative estimate of drug-likeness (QED) is 0.878. The third kappa shape index (κ3) is 3.00. The summed E-state index contributed by atoms with van der Waals surface area (Å²) in [7, 11) is 0. The van der Waals surface area contributed by atoms with Gasteiger partial charge >= 0.3 is 5.97 Å². The molecule has 1 N–H and O–H groups in total. The molecule has 90 valence electrons. The maximum Gasteiger partial charge on any atom is 0.307 e. The summed E-state index contributed by atoms with van der Waals surface area (Å²) in [5.41, 5.74) is 0.467. The molecule has 0 saturated carbocycles. The van der Waals surface area contributed by atoms with Crippen molar-refractivity contribution < 1.29 is 18.7 Å². The van der Waals surface area contributed by atoms with E-state index in [1.165, 1.54) is 6.07 Å². The van der Waals surface area contributed by atoms with Crippen molar-refractivity contribution in [2.45, 2.75) is 26.2 Å². The van der Waals surface area contributed by atoms with E-state index in [2.05, 4.69) is 0 Å². The highest BCUT2D eigenvalue weighted by atomic mass is 19.3. The Hall–Kier alpha value is -1.96. The van der Waals surface area contributed by atoms with Gasteiger partial charge in [-0.15, -0.1) is 0 Å². The first-order valence-corrected chi connectivity index (χ1v) is 5.05. The summed E-state index contributed by atoms with van der Waals surface area (Å²) in [6.07, 6.45) is -2.59. The number of carbonyl (C=O) groups is 1. The van der Waals surface area contributed by atoms with E-state index in [9.17, 15) is 13.6 Å². The largest absolute Gasteiger partial charge is 0.481 e. The van der Waals surface area contributed by atoms with Gasteiger partial charge in [0, 0.05) is 5.56 Å². The topological polar surface area (TPSA) is 61.1 Å². The third-order valence-corrected chi connectivity index (χ3v) is 2.45. The number of carboxylic acid groups (broad SMARTS) is 1. The summed E-state index contributed by atoms with van der Waals surface area (Å²) in [5, 5.41) is 17.5. The minimum absolute atomic E-state index is 0.0917. The Bertz CT molecular complexity index is 478. The summed E-state index contributed by atoms with van der Waals surface area (Å²) >= 11 is 0. The fourth-order valence-corrected chi connectivity index (χ4v) is 1.64. The van der Waals surface area contributed by atoms with Crippen LogP contribution in [0.15, 0.2) is 12.1 Å². The third-order valence-electron chi connectivity index (χ3n) is 2.45. The van der Waals surface area contributed by atoms with Gasteiger partial charge in [0.1, 0.15) is 0 Å². The van der Waals surface area contributed by atoms with E-state index < -0.39 is 18.0 Å². The van der Waals surface area contributed by atoms with Crippen LogP contribution in [0.2, 0.25) is 0 Å². The molecule has 1 aromatic carbocycles. The van der Waals surface area contributed by atoms with Crippen LogP contribution >= 0.6 is 0 Å². The Morgan fingerprint density at radius 2 is 2.12 bits per heavy atom. The molecule has 0 aliphatic rings. The first-order chi connectivity index (χ1) is 7.99. The molecule has 0 bridgehead atoms. The van der Waals surface area contributed by atoms with E-state index >= 15 is 0 Å². The van der Waals surface area contributed by atoms with E-state index in [1.54, 1.807) is 13.0 Å². The number of hydrogen-bond donors (Lipinski definition) is 1. The second kappa shape index (κ2) is 5.39. The number of nitriles is 1. The number of halogens is 2. The first kappa shape index (κ1) is 13.1. The van der Waals surface area contributed by atoms with Gasteiger partial charge in [0.2, 0.25) is 0 Å². The molecule has 1 rings (SSSR count). The molecule has 0 atom stereocenters. The van der Waals surface area contributed by atoms with E-state index in [0.717, 1.165) is 6.07 Å². The van der Waals surface area contributed by atoms with Crippen molar-refractivity contribution in [3.05, 3.63) is 34.4 Å². The molecular formula is C12H11F2NO2. The molecule has 5 heteroatoms. The first-order valence-electron chi connectivity index (χ1n) is 5.05. The fourth-order valence-electron chi connectivity index (χ4n) is 1.64. The lowest BCUT2D eigenvalue weighted by atomic mass is 9.95. The number of aliphatic carboxylic acids is 1. The fraction of sp³-hybridized carbons (Fsp3) is 0.333. The predicted molar refractivity (Wildman–Crippen MR) is 56.8 cm³/mol. The van der Waals surface area contributed by atoms with Gasteiger partial charge in [-0.2, -0.15) is 5.26 Å². The van der Waals surface area contributed by atoms with Crippen LogP contribution in [0.4, 0.5) is 8.78 Å². The zero-order valence-electron chi connectivity index (χ0n) is 9.20. The summed E-state index contributed by atoms with van der Waals surface area (Å²) < 4.78 is 25.3. The lowest BCUT2D eigenvalue weighted by molar-refractivity contribution is -0.136. The molecule has 0 aromatic heterocycles. The number of hydrogen-bond acceptors (Lipinski definition) is 2. The van der Waals surface area contributed by atoms with Crippen molar-refractivity contribution in [1.82, 2.24) is 0 Å². The van der Waals surface area contributed by atoms with Crippen LogP contribution in [-0.4, -0.2) is 11.1 Å². The zero-order chi connectivity index (χ0) is 13.0. The highest BCUT2D eigenvalue weighted by molar-refractivity contribution is 5.71. The van der Waals surface area contributed by atoms with Gasteiger partial charge in [0.25, 0.3) is 6.43 Å². The SMILES string of the molecule is CCc1cc(C#N)c(C(F)F)cc1CC(=O)O. The monoisotopic (exact) mass is 239 g/mol. The van der Waals surface area contributed by atoms with Gasteiger partial charge in [0.05, 0.1) is 18.1 Å². The predicted octanol–water partition coefficient (Wildman–Crippen LogP) is 2.69. The molecule has 3 nitrogen and oxygen atoms in total. The summed E-state index contributed by atoms with van der Waals surface area (Å²) in [4.78, 5) is 10.6. The molecule has 0 spiro atoms. The molecule has 0 heterocycles. The number of carboxylic acids is 1. The van der Waals surface area contributed by atoms with Crippen LogP contribution in [0.3, 0.4) is 0 Å². The van der Waals surface area contributed by atoms with Crippen molar-refractivity contribution in [1.29, 1.82) is 5.26 Å². The molecule has 0 aliphatic heterocycles. The van der Waals surface area contributed by atoms with Gasteiger partial charge in [-0.1, -0.05) is 6.92 Å². The number of alkyl halides is 2. The zero-order valence-corrected chi connectivity index (χ0v) is 9.20. The van der Waals surface area contributed by atoms with Crippen LogP contribution < -0.4 is 0 Å². The van der Waals surface area contributed by atoms with Crippen molar-refractivity contribution in [3.63, 3.8) is 0 Å². The molecule has 17 heavy (non-hydrogen) atoms. The molecule has 0 saturated heterocycles. The van der Waals surface area contributed by atoms with Crippen molar-refractivity contribution in [3.8, 4) is 6.07 Å².